The molecule has 98 valence electrons. The molecule has 0 saturated heterocycles. The van der Waals surface area contributed by atoms with Gasteiger partial charge < -0.3 is 0 Å². The largest absolute Gasteiger partial charge is 0.265 e. The minimum atomic E-state index is 0.948. The zero-order chi connectivity index (χ0) is 13.5. The van der Waals surface area contributed by atoms with Gasteiger partial charge >= 0.3 is 0 Å². The van der Waals surface area contributed by atoms with E-state index in [0.29, 0.717) is 0 Å². The summed E-state index contributed by atoms with van der Waals surface area (Å²) < 4.78 is 0. The molecule has 1 aromatic carbocycles. The lowest BCUT2D eigenvalue weighted by molar-refractivity contribution is 0.922. The van der Waals surface area contributed by atoms with Crippen LogP contribution in [-0.4, -0.2) is 12.3 Å². The fourth-order valence-electron chi connectivity index (χ4n) is 2.07. The molecule has 1 aliphatic rings. The lowest BCUT2D eigenvalue weighted by Gasteiger charge is -2.12. The number of nitrogens with zero attached hydrogens (tertiary/aromatic N) is 2. The topological polar surface area (TPSA) is 15.6 Å². The van der Waals surface area contributed by atoms with E-state index < -0.39 is 0 Å². The predicted octanol–water partition coefficient (Wildman–Crippen LogP) is 4.33. The molecule has 19 heavy (non-hydrogen) atoms. The molecule has 2 nitrogen and oxygen atoms in total. The molecule has 1 heterocycles. The highest BCUT2D eigenvalue weighted by molar-refractivity contribution is 6.04. The van der Waals surface area contributed by atoms with Crippen LogP contribution < -0.4 is 5.01 Å². The van der Waals surface area contributed by atoms with Crippen molar-refractivity contribution in [3.63, 3.8) is 0 Å². The predicted molar refractivity (Wildman–Crippen MR) is 83.6 cm³/mol. The lowest BCUT2D eigenvalue weighted by atomic mass is 10.1. The molecule has 0 N–H and O–H groups in total. The smallest absolute Gasteiger partial charge is 0.0700 e. The third-order valence-corrected chi connectivity index (χ3v) is 3.00. The normalized spacial score (nSPS) is 16.6. The van der Waals surface area contributed by atoms with Crippen LogP contribution in [0.5, 0.6) is 0 Å². The molecule has 1 aromatic rings. The van der Waals surface area contributed by atoms with Gasteiger partial charge in [0.1, 0.15) is 0 Å². The molecule has 0 aromatic heterocycles. The van der Waals surface area contributed by atoms with Crippen LogP contribution in [0.4, 0.5) is 5.69 Å². The molecule has 0 unspecified atom stereocenters. The molecule has 0 spiro atoms. The van der Waals surface area contributed by atoms with Gasteiger partial charge in [0, 0.05) is 13.0 Å². The van der Waals surface area contributed by atoms with Gasteiger partial charge in [-0.1, -0.05) is 48.6 Å². The van der Waals surface area contributed by atoms with Gasteiger partial charge in [-0.25, -0.2) is 0 Å². The first-order chi connectivity index (χ1) is 9.35. The zero-order valence-corrected chi connectivity index (χ0v) is 11.6. The average molecular weight is 252 g/mol. The van der Waals surface area contributed by atoms with Crippen molar-refractivity contribution in [3.8, 4) is 0 Å². The third-order valence-electron chi connectivity index (χ3n) is 3.00. The van der Waals surface area contributed by atoms with Gasteiger partial charge in [-0.05, 0) is 31.6 Å². The third kappa shape index (κ3) is 3.44. The van der Waals surface area contributed by atoms with E-state index in [2.05, 4.69) is 41.4 Å². The molecule has 2 heteroatoms. The van der Waals surface area contributed by atoms with E-state index in [4.69, 9.17) is 5.10 Å². The average Bonchev–Trinajstić information content (AvgIpc) is 2.94. The Labute approximate surface area is 115 Å². The standard InChI is InChI=1S/C17H20N2/c1-3-5-10-15(9-4-2)17-13-14-19(18-17)16-11-7-6-8-12-16/h3-12H,13-14H2,1-2H3/b5-3-,9-4-,15-10+. The molecule has 2 rings (SSSR count). The maximum absolute atomic E-state index is 4.73. The Bertz CT molecular complexity index is 521. The molecule has 0 fully saturated rings. The van der Waals surface area contributed by atoms with Crippen LogP contribution >= 0.6 is 0 Å². The summed E-state index contributed by atoms with van der Waals surface area (Å²) in [6.07, 6.45) is 11.4. The van der Waals surface area contributed by atoms with Crippen molar-refractivity contribution in [2.45, 2.75) is 20.3 Å². The van der Waals surface area contributed by atoms with Crippen LogP contribution in [0.3, 0.4) is 0 Å². The Morgan fingerprint density at radius 2 is 1.95 bits per heavy atom. The zero-order valence-electron chi connectivity index (χ0n) is 11.6. The van der Waals surface area contributed by atoms with Gasteiger partial charge in [-0.2, -0.15) is 5.10 Å². The van der Waals surface area contributed by atoms with Crippen molar-refractivity contribution in [2.75, 3.05) is 11.6 Å². The van der Waals surface area contributed by atoms with E-state index in [1.165, 1.54) is 5.57 Å². The maximum atomic E-state index is 4.73. The van der Waals surface area contributed by atoms with Crippen molar-refractivity contribution >= 4 is 11.4 Å². The molecular weight excluding hydrogens is 232 g/mol. The number of hydrazone groups is 1. The quantitative estimate of drug-likeness (QED) is 0.728. The van der Waals surface area contributed by atoms with E-state index in [1.807, 2.05) is 38.1 Å². The van der Waals surface area contributed by atoms with Crippen LogP contribution in [0.2, 0.25) is 0 Å². The number of rotatable bonds is 4. The number of allylic oxidation sites excluding steroid dienone is 6. The van der Waals surface area contributed by atoms with Crippen LogP contribution in [0.1, 0.15) is 20.3 Å². The number of anilines is 1. The summed E-state index contributed by atoms with van der Waals surface area (Å²) >= 11 is 0. The van der Waals surface area contributed by atoms with Crippen LogP contribution in [0.25, 0.3) is 0 Å². The maximum Gasteiger partial charge on any atom is 0.0700 e. The molecular formula is C17H20N2. The van der Waals surface area contributed by atoms with Gasteiger partial charge in [0.2, 0.25) is 0 Å². The second kappa shape index (κ2) is 6.74. The first-order valence-corrected chi connectivity index (χ1v) is 6.71. The minimum absolute atomic E-state index is 0.948. The van der Waals surface area contributed by atoms with Crippen molar-refractivity contribution in [2.24, 2.45) is 5.10 Å². The Morgan fingerprint density at radius 1 is 1.16 bits per heavy atom. The number of hydrogen-bond acceptors (Lipinski definition) is 2. The molecule has 0 amide bonds. The molecule has 0 saturated carbocycles. The van der Waals surface area contributed by atoms with Crippen LogP contribution in [0.15, 0.2) is 71.4 Å². The molecule has 0 radical (unpaired) electrons. The van der Waals surface area contributed by atoms with E-state index in [0.717, 1.165) is 24.4 Å². The summed E-state index contributed by atoms with van der Waals surface area (Å²) in [5.74, 6) is 0. The highest BCUT2D eigenvalue weighted by atomic mass is 15.5. The van der Waals surface area contributed by atoms with Gasteiger partial charge in [0.15, 0.2) is 0 Å². The summed E-state index contributed by atoms with van der Waals surface area (Å²) in [6, 6.07) is 10.3. The highest BCUT2D eigenvalue weighted by Gasteiger charge is 2.17. The number of hydrogen-bond donors (Lipinski definition) is 0. The summed E-state index contributed by atoms with van der Waals surface area (Å²) in [5.41, 5.74) is 3.50. The number of para-hydroxylation sites is 1. The fraction of sp³-hybridized carbons (Fsp3) is 0.235. The fourth-order valence-corrected chi connectivity index (χ4v) is 2.07. The molecule has 1 aliphatic heterocycles. The van der Waals surface area contributed by atoms with E-state index in [9.17, 15) is 0 Å². The van der Waals surface area contributed by atoms with Crippen molar-refractivity contribution in [3.05, 3.63) is 66.3 Å². The summed E-state index contributed by atoms with van der Waals surface area (Å²) in [7, 11) is 0. The van der Waals surface area contributed by atoms with Gasteiger partial charge in [-0.15, -0.1) is 0 Å². The second-order valence-electron chi connectivity index (χ2n) is 4.40. The Balaban J connectivity index is 2.22. The second-order valence-corrected chi connectivity index (χ2v) is 4.40. The summed E-state index contributed by atoms with van der Waals surface area (Å²) in [6.45, 7) is 5.01. The lowest BCUT2D eigenvalue weighted by Crippen LogP contribution is -2.11. The van der Waals surface area contributed by atoms with Crippen molar-refractivity contribution in [1.82, 2.24) is 0 Å². The van der Waals surface area contributed by atoms with Crippen molar-refractivity contribution in [1.29, 1.82) is 0 Å². The first kappa shape index (κ1) is 13.3. The monoisotopic (exact) mass is 252 g/mol. The summed E-state index contributed by atoms with van der Waals surface area (Å²) in [5, 5.41) is 6.80. The minimum Gasteiger partial charge on any atom is -0.265 e. The first-order valence-electron chi connectivity index (χ1n) is 6.71. The Morgan fingerprint density at radius 3 is 2.63 bits per heavy atom. The SMILES string of the molecule is C\C=C/C=C(\C=C/C)C1=NN(c2ccccc2)CC1. The summed E-state index contributed by atoms with van der Waals surface area (Å²) in [4.78, 5) is 0. The Hall–Kier alpha value is -2.09. The highest BCUT2D eigenvalue weighted by Crippen LogP contribution is 2.21. The van der Waals surface area contributed by atoms with Gasteiger partial charge in [0.05, 0.1) is 11.4 Å². The van der Waals surface area contributed by atoms with E-state index in [-0.39, 0.29) is 0 Å². The van der Waals surface area contributed by atoms with E-state index in [1.54, 1.807) is 0 Å². The van der Waals surface area contributed by atoms with E-state index >= 15 is 0 Å². The van der Waals surface area contributed by atoms with Gasteiger partial charge in [0.25, 0.3) is 0 Å². The molecule has 0 aliphatic carbocycles. The number of benzene rings is 1. The Kier molecular flexibility index (Phi) is 4.73. The van der Waals surface area contributed by atoms with Crippen LogP contribution in [0, 0.1) is 0 Å². The van der Waals surface area contributed by atoms with Crippen LogP contribution in [-0.2, 0) is 0 Å². The van der Waals surface area contributed by atoms with Gasteiger partial charge in [-0.3, -0.25) is 5.01 Å². The molecule has 0 atom stereocenters. The molecule has 0 bridgehead atoms. The van der Waals surface area contributed by atoms with Crippen molar-refractivity contribution < 1.29 is 0 Å².